The first kappa shape index (κ1) is 11.9. The van der Waals surface area contributed by atoms with Gasteiger partial charge in [0.2, 0.25) is 0 Å². The Morgan fingerprint density at radius 1 is 1.37 bits per heavy atom. The zero-order valence-electron chi connectivity index (χ0n) is 10.5. The summed E-state index contributed by atoms with van der Waals surface area (Å²) in [5.74, 6) is 0.624. The van der Waals surface area contributed by atoms with Crippen LogP contribution in [0.4, 0.5) is 5.69 Å². The smallest absolute Gasteiger partial charge is 0.186 e. The molecule has 0 aliphatic heterocycles. The highest BCUT2D eigenvalue weighted by atomic mass is 15.1. The van der Waals surface area contributed by atoms with Gasteiger partial charge in [0.1, 0.15) is 6.07 Å². The van der Waals surface area contributed by atoms with Crippen LogP contribution >= 0.6 is 0 Å². The lowest BCUT2D eigenvalue weighted by molar-refractivity contribution is 0.621. The molecule has 1 aromatic carbocycles. The molecule has 2 aromatic rings. The third-order valence-corrected chi connectivity index (χ3v) is 3.52. The Labute approximate surface area is 111 Å². The third kappa shape index (κ3) is 2.35. The molecule has 1 heterocycles. The molecule has 3 rings (SSSR count). The Morgan fingerprint density at radius 3 is 2.89 bits per heavy atom. The first-order valence-electron chi connectivity index (χ1n) is 6.44. The minimum absolute atomic E-state index is 0.137. The number of nitrogens with zero attached hydrogens (tertiary/aromatic N) is 3. The Kier molecular flexibility index (Phi) is 3.02. The van der Waals surface area contributed by atoms with Crippen molar-refractivity contribution in [2.24, 2.45) is 11.7 Å². The Hall–Kier alpha value is -2.19. The molecule has 0 amide bonds. The van der Waals surface area contributed by atoms with Crippen LogP contribution in [0.15, 0.2) is 24.3 Å². The normalized spacial score (nSPS) is 16.0. The van der Waals surface area contributed by atoms with Gasteiger partial charge < -0.3 is 11.1 Å². The van der Waals surface area contributed by atoms with E-state index in [0.29, 0.717) is 18.2 Å². The van der Waals surface area contributed by atoms with Crippen LogP contribution in [-0.2, 0) is 0 Å². The number of nitrogens with two attached hydrogens (primary N) is 1. The third-order valence-electron chi connectivity index (χ3n) is 3.52. The van der Waals surface area contributed by atoms with E-state index in [-0.39, 0.29) is 6.04 Å². The summed E-state index contributed by atoms with van der Waals surface area (Å²) >= 11 is 0. The van der Waals surface area contributed by atoms with Crippen molar-refractivity contribution in [1.82, 2.24) is 10.2 Å². The lowest BCUT2D eigenvalue weighted by Crippen LogP contribution is -2.31. The molecule has 1 aromatic heterocycles. The fourth-order valence-electron chi connectivity index (χ4n) is 2.22. The molecule has 1 saturated carbocycles. The van der Waals surface area contributed by atoms with Gasteiger partial charge in [-0.05, 0) is 24.8 Å². The topological polar surface area (TPSA) is 87.6 Å². The number of hydrogen-bond donors (Lipinski definition) is 2. The predicted octanol–water partition coefficient (Wildman–Crippen LogP) is 1.65. The van der Waals surface area contributed by atoms with Crippen molar-refractivity contribution < 1.29 is 0 Å². The summed E-state index contributed by atoms with van der Waals surface area (Å²) in [6, 6.07) is 9.87. The first-order valence-corrected chi connectivity index (χ1v) is 6.44. The molecular formula is C14H15N5. The van der Waals surface area contributed by atoms with Crippen LogP contribution in [0.25, 0.3) is 10.9 Å². The second-order valence-electron chi connectivity index (χ2n) is 4.93. The number of rotatable bonds is 4. The van der Waals surface area contributed by atoms with Crippen molar-refractivity contribution >= 4 is 16.6 Å². The second kappa shape index (κ2) is 4.82. The lowest BCUT2D eigenvalue weighted by Gasteiger charge is -2.14. The van der Waals surface area contributed by atoms with Gasteiger partial charge in [-0.15, -0.1) is 10.2 Å². The SMILES string of the molecule is N#Cc1nnc2ccccc2c1NCC(N)C1CC1. The number of nitrogens with one attached hydrogen (secondary N) is 1. The van der Waals surface area contributed by atoms with E-state index >= 15 is 0 Å². The monoisotopic (exact) mass is 253 g/mol. The van der Waals surface area contributed by atoms with Crippen LogP contribution in [0.3, 0.4) is 0 Å². The van der Waals surface area contributed by atoms with E-state index in [2.05, 4.69) is 21.6 Å². The largest absolute Gasteiger partial charge is 0.381 e. The molecular weight excluding hydrogens is 238 g/mol. The van der Waals surface area contributed by atoms with Gasteiger partial charge in [0.15, 0.2) is 5.69 Å². The molecule has 1 aliphatic rings. The molecule has 0 saturated heterocycles. The Balaban J connectivity index is 1.92. The number of benzene rings is 1. The van der Waals surface area contributed by atoms with E-state index in [1.54, 1.807) is 0 Å². The van der Waals surface area contributed by atoms with Gasteiger partial charge in [-0.3, -0.25) is 0 Å². The maximum Gasteiger partial charge on any atom is 0.186 e. The average molecular weight is 253 g/mol. The highest BCUT2D eigenvalue weighted by Crippen LogP contribution is 2.32. The van der Waals surface area contributed by atoms with Crippen molar-refractivity contribution in [2.75, 3.05) is 11.9 Å². The molecule has 0 spiro atoms. The summed E-state index contributed by atoms with van der Waals surface area (Å²) < 4.78 is 0. The summed E-state index contributed by atoms with van der Waals surface area (Å²) in [5, 5.41) is 21.3. The second-order valence-corrected chi connectivity index (χ2v) is 4.93. The molecule has 5 nitrogen and oxygen atoms in total. The van der Waals surface area contributed by atoms with Crippen molar-refractivity contribution in [2.45, 2.75) is 18.9 Å². The Bertz CT molecular complexity index is 642. The summed E-state index contributed by atoms with van der Waals surface area (Å²) in [6.07, 6.45) is 2.42. The minimum atomic E-state index is 0.137. The number of nitriles is 1. The summed E-state index contributed by atoms with van der Waals surface area (Å²) in [6.45, 7) is 0.662. The maximum absolute atomic E-state index is 9.14. The lowest BCUT2D eigenvalue weighted by atomic mass is 10.1. The van der Waals surface area contributed by atoms with Crippen LogP contribution < -0.4 is 11.1 Å². The number of aromatic nitrogens is 2. The first-order chi connectivity index (χ1) is 9.29. The van der Waals surface area contributed by atoms with Gasteiger partial charge in [0.05, 0.1) is 11.2 Å². The summed E-state index contributed by atoms with van der Waals surface area (Å²) in [5.41, 5.74) is 7.92. The van der Waals surface area contributed by atoms with Gasteiger partial charge in [0.25, 0.3) is 0 Å². The zero-order valence-corrected chi connectivity index (χ0v) is 10.5. The van der Waals surface area contributed by atoms with Gasteiger partial charge >= 0.3 is 0 Å². The quantitative estimate of drug-likeness (QED) is 0.865. The molecule has 1 fully saturated rings. The van der Waals surface area contributed by atoms with E-state index in [1.807, 2.05) is 24.3 Å². The number of hydrogen-bond acceptors (Lipinski definition) is 5. The van der Waals surface area contributed by atoms with Crippen LogP contribution in [0.5, 0.6) is 0 Å². The van der Waals surface area contributed by atoms with Crippen molar-refractivity contribution in [3.63, 3.8) is 0 Å². The number of fused-ring (bicyclic) bond motifs is 1. The molecule has 96 valence electrons. The van der Waals surface area contributed by atoms with E-state index < -0.39 is 0 Å². The fourth-order valence-corrected chi connectivity index (χ4v) is 2.22. The maximum atomic E-state index is 9.14. The molecule has 19 heavy (non-hydrogen) atoms. The Morgan fingerprint density at radius 2 is 2.16 bits per heavy atom. The van der Waals surface area contributed by atoms with Gasteiger partial charge in [-0.25, -0.2) is 0 Å². The molecule has 0 radical (unpaired) electrons. The van der Waals surface area contributed by atoms with Gasteiger partial charge in [-0.2, -0.15) is 5.26 Å². The number of anilines is 1. The van der Waals surface area contributed by atoms with Gasteiger partial charge in [0, 0.05) is 18.0 Å². The van der Waals surface area contributed by atoms with Crippen LogP contribution in [0.1, 0.15) is 18.5 Å². The van der Waals surface area contributed by atoms with Crippen molar-refractivity contribution in [3.8, 4) is 6.07 Å². The zero-order chi connectivity index (χ0) is 13.2. The van der Waals surface area contributed by atoms with Crippen molar-refractivity contribution in [1.29, 1.82) is 5.26 Å². The van der Waals surface area contributed by atoms with Crippen LogP contribution in [0, 0.1) is 17.2 Å². The molecule has 1 unspecified atom stereocenters. The van der Waals surface area contributed by atoms with Crippen LogP contribution in [-0.4, -0.2) is 22.8 Å². The van der Waals surface area contributed by atoms with E-state index in [1.165, 1.54) is 12.8 Å². The predicted molar refractivity (Wildman–Crippen MR) is 73.4 cm³/mol. The standard InChI is InChI=1S/C14H15N5/c15-7-13-14(17-8-11(16)9-5-6-9)10-3-1-2-4-12(10)18-19-13/h1-4,9,11H,5-6,8,16H2,(H,17,18). The molecule has 5 heteroatoms. The fraction of sp³-hybridized carbons (Fsp3) is 0.357. The van der Waals surface area contributed by atoms with Crippen molar-refractivity contribution in [3.05, 3.63) is 30.0 Å². The minimum Gasteiger partial charge on any atom is -0.381 e. The molecule has 0 bridgehead atoms. The van der Waals surface area contributed by atoms with E-state index in [0.717, 1.165) is 16.6 Å². The molecule has 3 N–H and O–H groups in total. The summed E-state index contributed by atoms with van der Waals surface area (Å²) in [4.78, 5) is 0. The van der Waals surface area contributed by atoms with E-state index in [9.17, 15) is 0 Å². The highest BCUT2D eigenvalue weighted by Gasteiger charge is 2.28. The average Bonchev–Trinajstić information content (AvgIpc) is 3.28. The van der Waals surface area contributed by atoms with Gasteiger partial charge in [-0.1, -0.05) is 18.2 Å². The highest BCUT2D eigenvalue weighted by molar-refractivity contribution is 5.92. The molecule has 1 atom stereocenters. The molecule has 1 aliphatic carbocycles. The summed E-state index contributed by atoms with van der Waals surface area (Å²) in [7, 11) is 0. The van der Waals surface area contributed by atoms with Crippen LogP contribution in [0.2, 0.25) is 0 Å². The van der Waals surface area contributed by atoms with E-state index in [4.69, 9.17) is 11.0 Å².